The molecule has 0 aliphatic carbocycles. The fourth-order valence-corrected chi connectivity index (χ4v) is 3.93. The van der Waals surface area contributed by atoms with Crippen LogP contribution in [0, 0.1) is 20.8 Å². The number of para-hydroxylation sites is 1. The Morgan fingerprint density at radius 1 is 0.931 bits per heavy atom. The van der Waals surface area contributed by atoms with E-state index in [-0.39, 0.29) is 5.91 Å². The lowest BCUT2D eigenvalue weighted by Gasteiger charge is -2.17. The smallest absolute Gasteiger partial charge is 0.256 e. The first-order chi connectivity index (χ1) is 13.9. The molecule has 4 rings (SSSR count). The van der Waals surface area contributed by atoms with E-state index in [2.05, 4.69) is 11.4 Å². The van der Waals surface area contributed by atoms with Gasteiger partial charge in [0.1, 0.15) is 0 Å². The van der Waals surface area contributed by atoms with Gasteiger partial charge in [0.25, 0.3) is 5.91 Å². The molecule has 0 bridgehead atoms. The molecule has 0 saturated carbocycles. The molecule has 144 valence electrons. The van der Waals surface area contributed by atoms with Crippen LogP contribution in [-0.2, 0) is 0 Å². The predicted molar refractivity (Wildman–Crippen MR) is 121 cm³/mol. The molecule has 1 N–H and O–H groups in total. The standard InChI is InChI=1S/C25H21ClN2O/c1-15-12-16(2)23-21(13-15)22(25(29)27-20-10-5-4-6-11-20)17(3)24(28-23)18-8-7-9-19(26)14-18/h4-14H,1-3H3,(H,27,29). The number of halogens is 1. The third kappa shape index (κ3) is 3.74. The van der Waals surface area contributed by atoms with Crippen LogP contribution in [0.5, 0.6) is 0 Å². The lowest BCUT2D eigenvalue weighted by Crippen LogP contribution is -2.15. The molecule has 4 aromatic rings. The Kier molecular flexibility index (Phi) is 5.08. The van der Waals surface area contributed by atoms with E-state index in [1.54, 1.807) is 0 Å². The number of hydrogen-bond acceptors (Lipinski definition) is 2. The number of aryl methyl sites for hydroxylation is 2. The number of anilines is 1. The van der Waals surface area contributed by atoms with Gasteiger partial charge in [-0.1, -0.05) is 53.6 Å². The summed E-state index contributed by atoms with van der Waals surface area (Å²) in [4.78, 5) is 18.3. The van der Waals surface area contributed by atoms with E-state index in [0.29, 0.717) is 10.6 Å². The second kappa shape index (κ2) is 7.69. The Morgan fingerprint density at radius 2 is 1.69 bits per heavy atom. The molecule has 1 aromatic heterocycles. The summed E-state index contributed by atoms with van der Waals surface area (Å²) >= 11 is 6.22. The molecule has 3 nitrogen and oxygen atoms in total. The molecule has 0 fully saturated rings. The Labute approximate surface area is 175 Å². The van der Waals surface area contributed by atoms with Gasteiger partial charge in [0.2, 0.25) is 0 Å². The van der Waals surface area contributed by atoms with Gasteiger partial charge in [-0.25, -0.2) is 4.98 Å². The molecule has 0 spiro atoms. The van der Waals surface area contributed by atoms with Crippen molar-refractivity contribution in [3.05, 3.63) is 94.0 Å². The quantitative estimate of drug-likeness (QED) is 0.414. The molecule has 0 aliphatic heterocycles. The van der Waals surface area contributed by atoms with Crippen LogP contribution in [0.3, 0.4) is 0 Å². The summed E-state index contributed by atoms with van der Waals surface area (Å²) in [6.07, 6.45) is 0. The van der Waals surface area contributed by atoms with Gasteiger partial charge in [0, 0.05) is 21.7 Å². The molecule has 0 radical (unpaired) electrons. The van der Waals surface area contributed by atoms with E-state index < -0.39 is 0 Å². The maximum atomic E-state index is 13.4. The highest BCUT2D eigenvalue weighted by molar-refractivity contribution is 6.30. The van der Waals surface area contributed by atoms with Crippen molar-refractivity contribution in [2.75, 3.05) is 5.32 Å². The van der Waals surface area contributed by atoms with Crippen molar-refractivity contribution in [2.24, 2.45) is 0 Å². The summed E-state index contributed by atoms with van der Waals surface area (Å²) in [6, 6.07) is 21.2. The largest absolute Gasteiger partial charge is 0.322 e. The topological polar surface area (TPSA) is 42.0 Å². The van der Waals surface area contributed by atoms with Crippen LogP contribution < -0.4 is 5.32 Å². The number of nitrogens with one attached hydrogen (secondary N) is 1. The lowest BCUT2D eigenvalue weighted by molar-refractivity contribution is 0.102. The second-order valence-corrected chi connectivity index (χ2v) is 7.71. The van der Waals surface area contributed by atoms with Gasteiger partial charge in [-0.05, 0) is 62.2 Å². The van der Waals surface area contributed by atoms with Gasteiger partial charge < -0.3 is 5.32 Å². The molecular formula is C25H21ClN2O. The molecule has 1 amide bonds. The van der Waals surface area contributed by atoms with Crippen LogP contribution in [0.25, 0.3) is 22.2 Å². The minimum absolute atomic E-state index is 0.144. The molecule has 1 heterocycles. The molecule has 3 aromatic carbocycles. The monoisotopic (exact) mass is 400 g/mol. The molecule has 0 unspecified atom stereocenters. The Hall–Kier alpha value is -3.17. The number of amides is 1. The zero-order chi connectivity index (χ0) is 20.5. The zero-order valence-corrected chi connectivity index (χ0v) is 17.3. The predicted octanol–water partition coefficient (Wildman–Crippen LogP) is 6.73. The Balaban J connectivity index is 1.98. The minimum atomic E-state index is -0.144. The zero-order valence-electron chi connectivity index (χ0n) is 16.6. The van der Waals surface area contributed by atoms with Gasteiger partial charge in [-0.3, -0.25) is 4.79 Å². The number of rotatable bonds is 3. The normalized spacial score (nSPS) is 10.9. The van der Waals surface area contributed by atoms with Crippen molar-refractivity contribution in [1.82, 2.24) is 4.98 Å². The first-order valence-electron chi connectivity index (χ1n) is 9.48. The SMILES string of the molecule is Cc1cc(C)c2nc(-c3cccc(Cl)c3)c(C)c(C(=O)Nc3ccccc3)c2c1. The van der Waals surface area contributed by atoms with E-state index in [9.17, 15) is 4.79 Å². The van der Waals surface area contributed by atoms with E-state index in [1.165, 1.54) is 0 Å². The van der Waals surface area contributed by atoms with E-state index in [0.717, 1.165) is 44.5 Å². The van der Waals surface area contributed by atoms with E-state index in [1.807, 2.05) is 81.4 Å². The van der Waals surface area contributed by atoms with Gasteiger partial charge in [-0.2, -0.15) is 0 Å². The molecular weight excluding hydrogens is 380 g/mol. The highest BCUT2D eigenvalue weighted by Crippen LogP contribution is 2.33. The highest BCUT2D eigenvalue weighted by atomic mass is 35.5. The van der Waals surface area contributed by atoms with Crippen molar-refractivity contribution in [1.29, 1.82) is 0 Å². The number of benzene rings is 3. The molecule has 0 saturated heterocycles. The third-order valence-corrected chi connectivity index (χ3v) is 5.26. The van der Waals surface area contributed by atoms with Crippen LogP contribution >= 0.6 is 11.6 Å². The molecule has 4 heteroatoms. The maximum Gasteiger partial charge on any atom is 0.256 e. The van der Waals surface area contributed by atoms with Gasteiger partial charge >= 0.3 is 0 Å². The number of carbonyl (C=O) groups is 1. The highest BCUT2D eigenvalue weighted by Gasteiger charge is 2.20. The van der Waals surface area contributed by atoms with Gasteiger partial charge in [0.05, 0.1) is 16.8 Å². The molecule has 0 atom stereocenters. The first-order valence-corrected chi connectivity index (χ1v) is 9.86. The second-order valence-electron chi connectivity index (χ2n) is 7.27. The fourth-order valence-electron chi connectivity index (χ4n) is 3.74. The van der Waals surface area contributed by atoms with Crippen LogP contribution in [0.4, 0.5) is 5.69 Å². The maximum absolute atomic E-state index is 13.4. The number of carbonyl (C=O) groups excluding carboxylic acids is 1. The number of hydrogen-bond donors (Lipinski definition) is 1. The number of pyridine rings is 1. The average molecular weight is 401 g/mol. The van der Waals surface area contributed by atoms with E-state index >= 15 is 0 Å². The van der Waals surface area contributed by atoms with Crippen LogP contribution in [0.2, 0.25) is 5.02 Å². The first kappa shape index (κ1) is 19.2. The number of fused-ring (bicyclic) bond motifs is 1. The Bertz CT molecular complexity index is 1230. The van der Waals surface area contributed by atoms with Crippen molar-refractivity contribution < 1.29 is 4.79 Å². The summed E-state index contributed by atoms with van der Waals surface area (Å²) in [5.74, 6) is -0.144. The van der Waals surface area contributed by atoms with E-state index in [4.69, 9.17) is 16.6 Å². The van der Waals surface area contributed by atoms with Crippen molar-refractivity contribution in [3.8, 4) is 11.3 Å². The lowest BCUT2D eigenvalue weighted by atomic mass is 9.94. The number of nitrogens with zero attached hydrogens (tertiary/aromatic N) is 1. The van der Waals surface area contributed by atoms with Crippen LogP contribution in [0.1, 0.15) is 27.0 Å². The van der Waals surface area contributed by atoms with Crippen molar-refractivity contribution in [3.63, 3.8) is 0 Å². The summed E-state index contributed by atoms with van der Waals surface area (Å²) in [6.45, 7) is 6.00. The third-order valence-electron chi connectivity index (χ3n) is 5.02. The fraction of sp³-hybridized carbons (Fsp3) is 0.120. The van der Waals surface area contributed by atoms with Crippen LogP contribution in [-0.4, -0.2) is 10.9 Å². The van der Waals surface area contributed by atoms with Crippen molar-refractivity contribution >= 4 is 34.1 Å². The van der Waals surface area contributed by atoms with Gasteiger partial charge in [-0.15, -0.1) is 0 Å². The average Bonchev–Trinajstić information content (AvgIpc) is 2.68. The van der Waals surface area contributed by atoms with Crippen LogP contribution in [0.15, 0.2) is 66.7 Å². The summed E-state index contributed by atoms with van der Waals surface area (Å²) in [5, 5.41) is 4.53. The van der Waals surface area contributed by atoms with Crippen molar-refractivity contribution in [2.45, 2.75) is 20.8 Å². The summed E-state index contributed by atoms with van der Waals surface area (Å²) in [5.41, 5.74) is 6.86. The minimum Gasteiger partial charge on any atom is -0.322 e. The van der Waals surface area contributed by atoms with Gasteiger partial charge in [0.15, 0.2) is 0 Å². The number of aromatic nitrogens is 1. The molecule has 0 aliphatic rings. The summed E-state index contributed by atoms with van der Waals surface area (Å²) < 4.78 is 0. The molecule has 29 heavy (non-hydrogen) atoms. The Morgan fingerprint density at radius 3 is 2.41 bits per heavy atom. The summed E-state index contributed by atoms with van der Waals surface area (Å²) in [7, 11) is 0.